The molecule has 1 aromatic carbocycles. The first-order valence-electron chi connectivity index (χ1n) is 10.1. The Morgan fingerprint density at radius 2 is 2.00 bits per heavy atom. The minimum atomic E-state index is 0.105. The van der Waals surface area contributed by atoms with Gasteiger partial charge in [-0.15, -0.1) is 0 Å². The molecule has 1 saturated heterocycles. The van der Waals surface area contributed by atoms with Crippen LogP contribution >= 0.6 is 0 Å². The third-order valence-electron chi connectivity index (χ3n) is 5.73. The molecule has 7 heteroatoms. The summed E-state index contributed by atoms with van der Waals surface area (Å²) in [7, 11) is 3.63. The fourth-order valence-electron chi connectivity index (χ4n) is 4.09. The predicted octanol–water partition coefficient (Wildman–Crippen LogP) is 3.02. The largest absolute Gasteiger partial charge is 0.382 e. The third kappa shape index (κ3) is 4.06. The Morgan fingerprint density at radius 3 is 2.76 bits per heavy atom. The summed E-state index contributed by atoms with van der Waals surface area (Å²) in [6, 6.07) is 10.1. The highest BCUT2D eigenvalue weighted by Crippen LogP contribution is 2.28. The van der Waals surface area contributed by atoms with E-state index in [1.54, 1.807) is 7.11 Å². The molecular formula is C22H28N4O3. The molecule has 0 unspecified atom stereocenters. The van der Waals surface area contributed by atoms with E-state index < -0.39 is 0 Å². The van der Waals surface area contributed by atoms with Crippen LogP contribution in [0.5, 0.6) is 0 Å². The van der Waals surface area contributed by atoms with Gasteiger partial charge in [0.25, 0.3) is 5.91 Å². The highest BCUT2D eigenvalue weighted by Gasteiger charge is 2.28. The molecule has 1 amide bonds. The van der Waals surface area contributed by atoms with Gasteiger partial charge in [-0.25, -0.2) is 4.98 Å². The summed E-state index contributed by atoms with van der Waals surface area (Å²) in [5, 5.41) is 1.10. The van der Waals surface area contributed by atoms with Gasteiger partial charge < -0.3 is 23.5 Å². The first kappa shape index (κ1) is 19.7. The molecule has 3 aromatic rings. The monoisotopic (exact) mass is 396 g/mol. The zero-order chi connectivity index (χ0) is 20.2. The predicted molar refractivity (Wildman–Crippen MR) is 111 cm³/mol. The van der Waals surface area contributed by atoms with Gasteiger partial charge in [-0.1, -0.05) is 18.2 Å². The lowest BCUT2D eigenvalue weighted by Gasteiger charge is -2.32. The first-order valence-corrected chi connectivity index (χ1v) is 10.1. The summed E-state index contributed by atoms with van der Waals surface area (Å²) < 4.78 is 14.7. The minimum absolute atomic E-state index is 0.105. The van der Waals surface area contributed by atoms with Crippen molar-refractivity contribution in [3.8, 4) is 0 Å². The number of imidazole rings is 1. The molecule has 1 aliphatic rings. The number of aryl methyl sites for hydroxylation is 1. The van der Waals surface area contributed by atoms with E-state index in [1.165, 1.54) is 0 Å². The summed E-state index contributed by atoms with van der Waals surface area (Å²) >= 11 is 0. The van der Waals surface area contributed by atoms with E-state index >= 15 is 0 Å². The van der Waals surface area contributed by atoms with Crippen LogP contribution in [0.2, 0.25) is 0 Å². The number of likely N-dealkylation sites (tertiary alicyclic amines) is 1. The van der Waals surface area contributed by atoms with Crippen molar-refractivity contribution < 1.29 is 14.3 Å². The normalized spacial score (nSPS) is 15.3. The van der Waals surface area contributed by atoms with Crippen molar-refractivity contribution in [2.75, 3.05) is 33.4 Å². The van der Waals surface area contributed by atoms with Crippen molar-refractivity contribution in [1.82, 2.24) is 19.0 Å². The van der Waals surface area contributed by atoms with E-state index in [2.05, 4.69) is 9.55 Å². The number of aromatic nitrogens is 3. The van der Waals surface area contributed by atoms with Crippen LogP contribution in [0.25, 0.3) is 10.9 Å². The lowest BCUT2D eigenvalue weighted by Crippen LogP contribution is -2.39. The van der Waals surface area contributed by atoms with Crippen LogP contribution in [-0.2, 0) is 23.3 Å². The van der Waals surface area contributed by atoms with Gasteiger partial charge in [-0.2, -0.15) is 0 Å². The fourth-order valence-corrected chi connectivity index (χ4v) is 4.09. The highest BCUT2D eigenvalue weighted by molar-refractivity contribution is 5.98. The van der Waals surface area contributed by atoms with Crippen LogP contribution in [0.3, 0.4) is 0 Å². The van der Waals surface area contributed by atoms with Gasteiger partial charge in [0.1, 0.15) is 18.2 Å². The second kappa shape index (κ2) is 8.80. The molecule has 1 aliphatic heterocycles. The number of rotatable bonds is 7. The zero-order valence-electron chi connectivity index (χ0n) is 17.1. The molecule has 7 nitrogen and oxygen atoms in total. The summed E-state index contributed by atoms with van der Waals surface area (Å²) in [4.78, 5) is 19.6. The van der Waals surface area contributed by atoms with Crippen molar-refractivity contribution in [2.24, 2.45) is 7.05 Å². The Morgan fingerprint density at radius 1 is 1.21 bits per heavy atom. The number of benzene rings is 1. The Kier molecular flexibility index (Phi) is 5.97. The number of piperidine rings is 1. The SMILES string of the molecule is COCCOCn1ccnc1C1CCN(C(=O)c2cc3ccccc3n2C)CC1. The number of methoxy groups -OCH3 is 1. The summed E-state index contributed by atoms with van der Waals surface area (Å²) in [5.74, 6) is 1.49. The molecule has 0 spiro atoms. The topological polar surface area (TPSA) is 61.5 Å². The maximum atomic E-state index is 13.1. The van der Waals surface area contributed by atoms with Gasteiger partial charge in [0.2, 0.25) is 0 Å². The molecule has 29 heavy (non-hydrogen) atoms. The molecule has 2 aromatic heterocycles. The van der Waals surface area contributed by atoms with E-state index in [0.29, 0.717) is 25.9 Å². The van der Waals surface area contributed by atoms with Gasteiger partial charge >= 0.3 is 0 Å². The van der Waals surface area contributed by atoms with Crippen LogP contribution in [0.1, 0.15) is 35.1 Å². The second-order valence-corrected chi connectivity index (χ2v) is 7.50. The number of nitrogens with zero attached hydrogens (tertiary/aromatic N) is 4. The molecule has 1 fully saturated rings. The van der Waals surface area contributed by atoms with Gasteiger partial charge in [0.15, 0.2) is 0 Å². The molecule has 0 aliphatic carbocycles. The van der Waals surface area contributed by atoms with Gasteiger partial charge in [-0.05, 0) is 25.0 Å². The first-order chi connectivity index (χ1) is 14.2. The quantitative estimate of drug-likeness (QED) is 0.576. The average molecular weight is 396 g/mol. The third-order valence-corrected chi connectivity index (χ3v) is 5.73. The number of para-hydroxylation sites is 1. The van der Waals surface area contributed by atoms with Crippen molar-refractivity contribution in [3.05, 3.63) is 54.2 Å². The number of hydrogen-bond acceptors (Lipinski definition) is 4. The van der Waals surface area contributed by atoms with Crippen molar-refractivity contribution in [1.29, 1.82) is 0 Å². The Bertz CT molecular complexity index is 970. The van der Waals surface area contributed by atoms with Crippen LogP contribution < -0.4 is 0 Å². The summed E-state index contributed by atoms with van der Waals surface area (Å²) in [6.07, 6.45) is 5.59. The molecular weight excluding hydrogens is 368 g/mol. The standard InChI is InChI=1S/C22H28N4O3/c1-24-19-6-4-3-5-18(19)15-20(24)22(27)25-10-7-17(8-11-25)21-23-9-12-26(21)16-29-14-13-28-2/h3-6,9,12,15,17H,7-8,10-11,13-14,16H2,1-2H3. The smallest absolute Gasteiger partial charge is 0.270 e. The molecule has 0 atom stereocenters. The number of hydrogen-bond donors (Lipinski definition) is 0. The number of fused-ring (bicyclic) bond motifs is 1. The Balaban J connectivity index is 1.39. The van der Waals surface area contributed by atoms with Crippen LogP contribution in [0.4, 0.5) is 0 Å². The maximum absolute atomic E-state index is 13.1. The number of carbonyl (C=O) groups excluding carboxylic acids is 1. The van der Waals surface area contributed by atoms with E-state index in [4.69, 9.17) is 9.47 Å². The maximum Gasteiger partial charge on any atom is 0.270 e. The lowest BCUT2D eigenvalue weighted by atomic mass is 9.95. The molecule has 0 saturated carbocycles. The van der Waals surface area contributed by atoms with Crippen molar-refractivity contribution in [3.63, 3.8) is 0 Å². The summed E-state index contributed by atoms with van der Waals surface area (Å²) in [6.45, 7) is 3.10. The number of ether oxygens (including phenoxy) is 2. The van der Waals surface area contributed by atoms with Crippen molar-refractivity contribution in [2.45, 2.75) is 25.5 Å². The van der Waals surface area contributed by atoms with Gasteiger partial charge in [0, 0.05) is 56.5 Å². The molecule has 0 bridgehead atoms. The average Bonchev–Trinajstić information content (AvgIpc) is 3.36. The van der Waals surface area contributed by atoms with Crippen LogP contribution in [0, 0.1) is 0 Å². The molecule has 0 radical (unpaired) electrons. The molecule has 0 N–H and O–H groups in total. The van der Waals surface area contributed by atoms with Gasteiger partial charge in [0.05, 0.1) is 13.2 Å². The van der Waals surface area contributed by atoms with E-state index in [0.717, 1.165) is 48.4 Å². The zero-order valence-corrected chi connectivity index (χ0v) is 17.1. The van der Waals surface area contributed by atoms with Crippen LogP contribution in [0.15, 0.2) is 42.7 Å². The summed E-state index contributed by atoms with van der Waals surface area (Å²) in [5.41, 5.74) is 1.83. The van der Waals surface area contributed by atoms with E-state index in [9.17, 15) is 4.79 Å². The Hall–Kier alpha value is -2.64. The number of carbonyl (C=O) groups is 1. The van der Waals surface area contributed by atoms with E-state index in [1.807, 2.05) is 59.2 Å². The lowest BCUT2D eigenvalue weighted by molar-refractivity contribution is 0.0318. The second-order valence-electron chi connectivity index (χ2n) is 7.50. The Labute approximate surface area is 170 Å². The fraction of sp³-hybridized carbons (Fsp3) is 0.455. The number of amides is 1. The molecule has 3 heterocycles. The molecule has 4 rings (SSSR count). The van der Waals surface area contributed by atoms with E-state index in [-0.39, 0.29) is 5.91 Å². The van der Waals surface area contributed by atoms with Gasteiger partial charge in [-0.3, -0.25) is 4.79 Å². The molecule has 154 valence electrons. The van der Waals surface area contributed by atoms with Crippen molar-refractivity contribution >= 4 is 16.8 Å². The highest BCUT2D eigenvalue weighted by atomic mass is 16.5. The van der Waals surface area contributed by atoms with Crippen LogP contribution in [-0.4, -0.2) is 58.3 Å². The minimum Gasteiger partial charge on any atom is -0.382 e.